The molecule has 5 heteroatoms. The quantitative estimate of drug-likeness (QED) is 0.583. The zero-order valence-electron chi connectivity index (χ0n) is 8.58. The largest absolute Gasteiger partial charge is 0.481 e. The van der Waals surface area contributed by atoms with Crippen LogP contribution in [-0.2, 0) is 9.59 Å². The summed E-state index contributed by atoms with van der Waals surface area (Å²) >= 11 is 0. The predicted molar refractivity (Wildman–Crippen MR) is 53.0 cm³/mol. The van der Waals surface area contributed by atoms with Gasteiger partial charge in [0.1, 0.15) is 0 Å². The van der Waals surface area contributed by atoms with Crippen molar-refractivity contribution in [2.24, 2.45) is 16.6 Å². The Hall–Kier alpha value is -1.10. The molecule has 2 aliphatic carbocycles. The molecule has 0 unspecified atom stereocenters. The highest BCUT2D eigenvalue weighted by molar-refractivity contribution is 5.86. The maximum atomic E-state index is 11.7. The molecule has 2 saturated carbocycles. The van der Waals surface area contributed by atoms with Crippen LogP contribution in [0.25, 0.3) is 0 Å². The summed E-state index contributed by atoms with van der Waals surface area (Å²) in [7, 11) is 0. The molecular formula is C10H16N2O3. The summed E-state index contributed by atoms with van der Waals surface area (Å²) in [5, 5.41) is 11.6. The number of rotatable bonds is 5. The van der Waals surface area contributed by atoms with Crippen LogP contribution >= 0.6 is 0 Å². The number of aliphatic carboxylic acids is 1. The third-order valence-electron chi connectivity index (χ3n) is 3.62. The van der Waals surface area contributed by atoms with E-state index in [2.05, 4.69) is 5.32 Å². The smallest absolute Gasteiger partial charge is 0.311 e. The first kappa shape index (κ1) is 10.4. The van der Waals surface area contributed by atoms with Gasteiger partial charge in [0, 0.05) is 13.1 Å². The molecule has 0 aromatic heterocycles. The average Bonchev–Trinajstić information content (AvgIpc) is 3.09. The van der Waals surface area contributed by atoms with Crippen molar-refractivity contribution in [3.63, 3.8) is 0 Å². The number of nitrogens with two attached hydrogens (primary N) is 1. The van der Waals surface area contributed by atoms with Crippen LogP contribution in [0.3, 0.4) is 0 Å². The Morgan fingerprint density at radius 3 is 2.07 bits per heavy atom. The zero-order valence-corrected chi connectivity index (χ0v) is 8.58. The minimum atomic E-state index is -0.805. The highest BCUT2D eigenvalue weighted by Gasteiger charge is 2.53. The van der Waals surface area contributed by atoms with Crippen LogP contribution in [0.1, 0.15) is 25.7 Å². The second-order valence-electron chi connectivity index (χ2n) is 4.75. The lowest BCUT2D eigenvalue weighted by atomic mass is 10.0. The molecule has 0 bridgehead atoms. The van der Waals surface area contributed by atoms with E-state index in [4.69, 9.17) is 10.8 Å². The van der Waals surface area contributed by atoms with Gasteiger partial charge in [-0.1, -0.05) is 0 Å². The van der Waals surface area contributed by atoms with E-state index in [1.165, 1.54) is 0 Å². The van der Waals surface area contributed by atoms with E-state index >= 15 is 0 Å². The van der Waals surface area contributed by atoms with Crippen LogP contribution in [0.15, 0.2) is 0 Å². The Morgan fingerprint density at radius 2 is 1.73 bits per heavy atom. The second kappa shape index (κ2) is 3.20. The predicted octanol–water partition coefficient (Wildman–Crippen LogP) is -0.294. The van der Waals surface area contributed by atoms with Gasteiger partial charge in [-0.25, -0.2) is 0 Å². The van der Waals surface area contributed by atoms with Crippen LogP contribution in [0, 0.1) is 10.8 Å². The lowest BCUT2D eigenvalue weighted by Gasteiger charge is -2.15. The molecule has 0 aromatic rings. The Labute approximate surface area is 88.0 Å². The lowest BCUT2D eigenvalue weighted by Crippen LogP contribution is -2.41. The number of carbonyl (C=O) groups excluding carboxylic acids is 1. The van der Waals surface area contributed by atoms with Gasteiger partial charge >= 0.3 is 5.97 Å². The molecule has 0 aliphatic heterocycles. The molecule has 2 aliphatic rings. The van der Waals surface area contributed by atoms with Gasteiger partial charge in [0.15, 0.2) is 0 Å². The molecule has 0 heterocycles. The Kier molecular flexibility index (Phi) is 2.22. The molecule has 0 spiro atoms. The van der Waals surface area contributed by atoms with Gasteiger partial charge in [0.25, 0.3) is 0 Å². The first-order valence-electron chi connectivity index (χ1n) is 5.26. The van der Waals surface area contributed by atoms with Crippen molar-refractivity contribution in [3.8, 4) is 0 Å². The molecule has 2 rings (SSSR count). The summed E-state index contributed by atoms with van der Waals surface area (Å²) in [6, 6.07) is 0. The Morgan fingerprint density at radius 1 is 1.20 bits per heavy atom. The van der Waals surface area contributed by atoms with Gasteiger partial charge in [0.2, 0.25) is 5.91 Å². The van der Waals surface area contributed by atoms with E-state index in [0.717, 1.165) is 12.8 Å². The van der Waals surface area contributed by atoms with Crippen LogP contribution in [-0.4, -0.2) is 30.1 Å². The summed E-state index contributed by atoms with van der Waals surface area (Å²) < 4.78 is 0. The fourth-order valence-electron chi connectivity index (χ4n) is 1.73. The van der Waals surface area contributed by atoms with Gasteiger partial charge in [-0.3, -0.25) is 9.59 Å². The van der Waals surface area contributed by atoms with E-state index in [1.54, 1.807) is 0 Å². The van der Waals surface area contributed by atoms with Crippen molar-refractivity contribution < 1.29 is 14.7 Å². The summed E-state index contributed by atoms with van der Waals surface area (Å²) in [6.07, 6.45) is 2.99. The van der Waals surface area contributed by atoms with Crippen LogP contribution < -0.4 is 11.1 Å². The van der Waals surface area contributed by atoms with Crippen molar-refractivity contribution in [3.05, 3.63) is 0 Å². The standard InChI is InChI=1S/C10H16N2O3/c11-5-9(1-2-9)7(13)12-6-10(3-4-10)8(14)15/h1-6,11H2,(H,12,13)(H,14,15). The number of amides is 1. The molecule has 0 aromatic carbocycles. The molecule has 4 N–H and O–H groups in total. The van der Waals surface area contributed by atoms with Crippen LogP contribution in [0.5, 0.6) is 0 Å². The molecule has 2 fully saturated rings. The fourth-order valence-corrected chi connectivity index (χ4v) is 1.73. The Bertz CT molecular complexity index is 306. The molecular weight excluding hydrogens is 196 g/mol. The van der Waals surface area contributed by atoms with E-state index in [1.807, 2.05) is 0 Å². The molecule has 84 valence electrons. The van der Waals surface area contributed by atoms with Gasteiger partial charge in [0.05, 0.1) is 10.8 Å². The monoisotopic (exact) mass is 212 g/mol. The molecule has 5 nitrogen and oxygen atoms in total. The number of carboxylic acid groups (broad SMARTS) is 1. The van der Waals surface area contributed by atoms with Gasteiger partial charge in [-0.05, 0) is 25.7 Å². The zero-order chi connectivity index (χ0) is 11.1. The highest BCUT2D eigenvalue weighted by atomic mass is 16.4. The molecule has 0 saturated heterocycles. The van der Waals surface area contributed by atoms with Gasteiger partial charge in [-0.15, -0.1) is 0 Å². The summed E-state index contributed by atoms with van der Waals surface area (Å²) in [4.78, 5) is 22.5. The number of hydrogen-bond donors (Lipinski definition) is 3. The number of nitrogens with one attached hydrogen (secondary N) is 1. The number of carboxylic acids is 1. The van der Waals surface area contributed by atoms with E-state index in [0.29, 0.717) is 19.4 Å². The third kappa shape index (κ3) is 1.71. The van der Waals surface area contributed by atoms with Crippen LogP contribution in [0.4, 0.5) is 0 Å². The molecule has 1 amide bonds. The first-order valence-corrected chi connectivity index (χ1v) is 5.26. The molecule has 0 radical (unpaired) electrons. The van der Waals surface area contributed by atoms with Gasteiger partial charge in [-0.2, -0.15) is 0 Å². The number of hydrogen-bond acceptors (Lipinski definition) is 3. The SMILES string of the molecule is NCC1(C(=O)NCC2(C(=O)O)CC2)CC1. The molecule has 15 heavy (non-hydrogen) atoms. The first-order chi connectivity index (χ1) is 7.05. The normalized spacial score (nSPS) is 24.3. The van der Waals surface area contributed by atoms with Crippen molar-refractivity contribution in [1.82, 2.24) is 5.32 Å². The van der Waals surface area contributed by atoms with Crippen LogP contribution in [0.2, 0.25) is 0 Å². The summed E-state index contributed by atoms with van der Waals surface area (Å²) in [5.41, 5.74) is 4.45. The average molecular weight is 212 g/mol. The molecule has 0 atom stereocenters. The summed E-state index contributed by atoms with van der Waals surface area (Å²) in [6.45, 7) is 0.613. The van der Waals surface area contributed by atoms with E-state index in [-0.39, 0.29) is 17.9 Å². The minimum absolute atomic E-state index is 0.0717. The maximum absolute atomic E-state index is 11.7. The second-order valence-corrected chi connectivity index (χ2v) is 4.75. The highest BCUT2D eigenvalue weighted by Crippen LogP contribution is 2.47. The van der Waals surface area contributed by atoms with Gasteiger partial charge < -0.3 is 16.2 Å². The maximum Gasteiger partial charge on any atom is 0.311 e. The van der Waals surface area contributed by atoms with Crippen molar-refractivity contribution in [2.45, 2.75) is 25.7 Å². The minimum Gasteiger partial charge on any atom is -0.481 e. The topological polar surface area (TPSA) is 92.4 Å². The van der Waals surface area contributed by atoms with Crippen molar-refractivity contribution >= 4 is 11.9 Å². The van der Waals surface area contributed by atoms with Crippen molar-refractivity contribution in [1.29, 1.82) is 0 Å². The van der Waals surface area contributed by atoms with Crippen molar-refractivity contribution in [2.75, 3.05) is 13.1 Å². The Balaban J connectivity index is 1.84. The number of carbonyl (C=O) groups is 2. The summed E-state index contributed by atoms with van der Waals surface area (Å²) in [5.74, 6) is -0.877. The fraction of sp³-hybridized carbons (Fsp3) is 0.800. The third-order valence-corrected chi connectivity index (χ3v) is 3.62. The van der Waals surface area contributed by atoms with E-state index < -0.39 is 11.4 Å². The lowest BCUT2D eigenvalue weighted by molar-refractivity contribution is -0.143. The van der Waals surface area contributed by atoms with E-state index in [9.17, 15) is 9.59 Å².